The summed E-state index contributed by atoms with van der Waals surface area (Å²) in [5, 5.41) is 11.3. The number of rotatable bonds is 10. The Kier molecular flexibility index (Phi) is 8.35. The minimum atomic E-state index is -0.668. The third kappa shape index (κ3) is 5.74. The minimum absolute atomic E-state index is 0.108. The fraction of sp³-hybridized carbons (Fsp3) is 0.357. The van der Waals surface area contributed by atoms with E-state index in [1.165, 1.54) is 0 Å². The summed E-state index contributed by atoms with van der Waals surface area (Å²) in [5.74, 6) is -0.770. The van der Waals surface area contributed by atoms with Crippen LogP contribution in [-0.2, 0) is 9.59 Å². The predicted molar refractivity (Wildman–Crippen MR) is 140 cm³/mol. The summed E-state index contributed by atoms with van der Waals surface area (Å²) in [5.41, 5.74) is 3.17. The maximum absolute atomic E-state index is 13.2. The average Bonchev–Trinajstić information content (AvgIpc) is 3.07. The topological polar surface area (TPSA) is 73.3 Å². The van der Waals surface area contributed by atoms with E-state index in [0.717, 1.165) is 23.4 Å². The van der Waals surface area contributed by atoms with Gasteiger partial charge >= 0.3 is 0 Å². The van der Waals surface area contributed by atoms with Crippen LogP contribution in [0.3, 0.4) is 0 Å². The van der Waals surface area contributed by atoms with Gasteiger partial charge in [-0.2, -0.15) is 0 Å². The van der Waals surface area contributed by atoms with Crippen molar-refractivity contribution < 1.29 is 19.4 Å². The second-order valence-electron chi connectivity index (χ2n) is 9.22. The van der Waals surface area contributed by atoms with Gasteiger partial charge in [0.25, 0.3) is 11.7 Å². The number of likely N-dealkylation sites (tertiary alicyclic amines) is 1. The molecule has 1 atom stereocenters. The number of anilines is 1. The fourth-order valence-electron chi connectivity index (χ4n) is 4.23. The van der Waals surface area contributed by atoms with Crippen LogP contribution in [0.2, 0.25) is 0 Å². The SMILES string of the molecule is C=CCOc1ccc(C(O)=C2C(=O)C(=O)N(CCCN(C)C)[C@@H]2c2ccc(N(C)C)cc2)cc1C. The van der Waals surface area contributed by atoms with Crippen molar-refractivity contribution in [2.24, 2.45) is 0 Å². The number of carbonyl (C=O) groups is 2. The predicted octanol–water partition coefficient (Wildman–Crippen LogP) is 4.00. The largest absolute Gasteiger partial charge is 0.507 e. The van der Waals surface area contributed by atoms with Crippen LogP contribution >= 0.6 is 0 Å². The first-order chi connectivity index (χ1) is 16.6. The third-order valence-corrected chi connectivity index (χ3v) is 6.07. The second kappa shape index (κ2) is 11.2. The smallest absolute Gasteiger partial charge is 0.295 e. The van der Waals surface area contributed by atoms with Crippen LogP contribution in [0.15, 0.2) is 60.7 Å². The molecule has 7 heteroatoms. The Labute approximate surface area is 207 Å². The number of hydrogen-bond acceptors (Lipinski definition) is 6. The average molecular weight is 478 g/mol. The van der Waals surface area contributed by atoms with E-state index in [-0.39, 0.29) is 11.3 Å². The number of Topliss-reactive ketones (excluding diaryl/α,β-unsaturated/α-hetero) is 1. The highest BCUT2D eigenvalue weighted by atomic mass is 16.5. The lowest BCUT2D eigenvalue weighted by Gasteiger charge is -2.26. The number of aliphatic hydroxyl groups is 1. The molecule has 0 aliphatic carbocycles. The molecule has 1 heterocycles. The number of amides is 1. The van der Waals surface area contributed by atoms with Crippen molar-refractivity contribution in [1.82, 2.24) is 9.80 Å². The van der Waals surface area contributed by atoms with Gasteiger partial charge in [0, 0.05) is 31.9 Å². The van der Waals surface area contributed by atoms with E-state index < -0.39 is 17.7 Å². The zero-order valence-corrected chi connectivity index (χ0v) is 21.2. The molecular formula is C28H35N3O4. The highest BCUT2D eigenvalue weighted by molar-refractivity contribution is 6.46. The summed E-state index contributed by atoms with van der Waals surface area (Å²) < 4.78 is 5.63. The number of carbonyl (C=O) groups excluding carboxylic acids is 2. The van der Waals surface area contributed by atoms with E-state index in [9.17, 15) is 14.7 Å². The van der Waals surface area contributed by atoms with E-state index in [0.29, 0.717) is 30.9 Å². The maximum atomic E-state index is 13.2. The van der Waals surface area contributed by atoms with Crippen LogP contribution in [0.25, 0.3) is 5.76 Å². The molecule has 35 heavy (non-hydrogen) atoms. The molecule has 1 aliphatic rings. The van der Waals surface area contributed by atoms with Crippen molar-refractivity contribution in [2.45, 2.75) is 19.4 Å². The molecule has 7 nitrogen and oxygen atoms in total. The van der Waals surface area contributed by atoms with Gasteiger partial charge in [0.05, 0.1) is 11.6 Å². The Bertz CT molecular complexity index is 1120. The molecule has 0 bridgehead atoms. The maximum Gasteiger partial charge on any atom is 0.295 e. The zero-order valence-electron chi connectivity index (χ0n) is 21.2. The van der Waals surface area contributed by atoms with Crippen molar-refractivity contribution in [3.8, 4) is 5.75 Å². The minimum Gasteiger partial charge on any atom is -0.507 e. The molecule has 1 saturated heterocycles. The first-order valence-corrected chi connectivity index (χ1v) is 11.7. The first kappa shape index (κ1) is 26.0. The number of nitrogens with zero attached hydrogens (tertiary/aromatic N) is 3. The molecule has 1 fully saturated rings. The molecule has 0 saturated carbocycles. The Morgan fingerprint density at radius 1 is 1.11 bits per heavy atom. The number of hydrogen-bond donors (Lipinski definition) is 1. The van der Waals surface area contributed by atoms with Crippen LogP contribution in [0.5, 0.6) is 5.75 Å². The van der Waals surface area contributed by atoms with E-state index >= 15 is 0 Å². The van der Waals surface area contributed by atoms with E-state index in [2.05, 4.69) is 6.58 Å². The molecule has 1 aliphatic heterocycles. The summed E-state index contributed by atoms with van der Waals surface area (Å²) in [4.78, 5) is 31.9. The Morgan fingerprint density at radius 2 is 1.80 bits per heavy atom. The van der Waals surface area contributed by atoms with E-state index in [4.69, 9.17) is 4.74 Å². The third-order valence-electron chi connectivity index (χ3n) is 6.07. The highest BCUT2D eigenvalue weighted by Gasteiger charge is 2.45. The molecule has 1 N–H and O–H groups in total. The molecule has 0 aromatic heterocycles. The van der Waals surface area contributed by atoms with Crippen molar-refractivity contribution in [3.05, 3.63) is 77.4 Å². The molecule has 0 spiro atoms. The van der Waals surface area contributed by atoms with E-state index in [1.807, 2.05) is 69.2 Å². The van der Waals surface area contributed by atoms with Crippen LogP contribution in [0, 0.1) is 6.92 Å². The fourth-order valence-corrected chi connectivity index (χ4v) is 4.23. The summed E-state index contributed by atoms with van der Waals surface area (Å²) in [6.45, 7) is 7.08. The summed E-state index contributed by atoms with van der Waals surface area (Å²) in [6.07, 6.45) is 2.37. The molecule has 2 aromatic carbocycles. The van der Waals surface area contributed by atoms with E-state index in [1.54, 1.807) is 29.2 Å². The summed E-state index contributed by atoms with van der Waals surface area (Å²) in [7, 11) is 7.84. The zero-order chi connectivity index (χ0) is 25.7. The first-order valence-electron chi connectivity index (χ1n) is 11.7. The molecule has 0 radical (unpaired) electrons. The number of aryl methyl sites for hydroxylation is 1. The molecular weight excluding hydrogens is 442 g/mol. The van der Waals surface area contributed by atoms with Gasteiger partial charge in [-0.25, -0.2) is 0 Å². The lowest BCUT2D eigenvalue weighted by atomic mass is 9.94. The van der Waals surface area contributed by atoms with Crippen LogP contribution in [-0.4, -0.2) is 74.5 Å². The van der Waals surface area contributed by atoms with Gasteiger partial charge in [-0.05, 0) is 75.4 Å². The summed E-state index contributed by atoms with van der Waals surface area (Å²) >= 11 is 0. The molecule has 3 rings (SSSR count). The van der Waals surface area contributed by atoms with Gasteiger partial charge in [-0.1, -0.05) is 24.8 Å². The monoisotopic (exact) mass is 477 g/mol. The van der Waals surface area contributed by atoms with Gasteiger partial charge in [0.2, 0.25) is 0 Å². The standard InChI is InChI=1S/C28H35N3O4/c1-7-17-35-23-14-11-21(18-19(23)2)26(32)24-25(20-9-12-22(13-10-20)30(5)6)31(28(34)27(24)33)16-8-15-29(3)4/h7,9-14,18,25,32H,1,8,15-17H2,2-6H3/t25-/m1/s1. The highest BCUT2D eigenvalue weighted by Crippen LogP contribution is 2.40. The van der Waals surface area contributed by atoms with Gasteiger partial charge in [-0.15, -0.1) is 0 Å². The van der Waals surface area contributed by atoms with Gasteiger partial charge in [0.15, 0.2) is 0 Å². The summed E-state index contributed by atoms with van der Waals surface area (Å²) in [6, 6.07) is 12.3. The van der Waals surface area contributed by atoms with Crippen molar-refractivity contribution >= 4 is 23.1 Å². The molecule has 0 unspecified atom stereocenters. The Morgan fingerprint density at radius 3 is 2.37 bits per heavy atom. The molecule has 1 amide bonds. The van der Waals surface area contributed by atoms with Crippen molar-refractivity contribution in [2.75, 3.05) is 52.8 Å². The lowest BCUT2D eigenvalue weighted by Crippen LogP contribution is -2.32. The van der Waals surface area contributed by atoms with Gasteiger partial charge in [0.1, 0.15) is 18.1 Å². The van der Waals surface area contributed by atoms with Crippen LogP contribution < -0.4 is 9.64 Å². The number of benzene rings is 2. The van der Waals surface area contributed by atoms with Gasteiger partial charge < -0.3 is 24.5 Å². The second-order valence-corrected chi connectivity index (χ2v) is 9.22. The quantitative estimate of drug-likeness (QED) is 0.241. The number of ether oxygens (including phenoxy) is 1. The lowest BCUT2D eigenvalue weighted by molar-refractivity contribution is -0.139. The van der Waals surface area contributed by atoms with Crippen molar-refractivity contribution in [1.29, 1.82) is 0 Å². The van der Waals surface area contributed by atoms with Crippen molar-refractivity contribution in [3.63, 3.8) is 0 Å². The van der Waals surface area contributed by atoms with Gasteiger partial charge in [-0.3, -0.25) is 9.59 Å². The number of aliphatic hydroxyl groups excluding tert-OH is 1. The normalized spacial score (nSPS) is 17.2. The molecule has 2 aromatic rings. The Balaban J connectivity index is 2.07. The molecule has 186 valence electrons. The van der Waals surface area contributed by atoms with Crippen LogP contribution in [0.4, 0.5) is 5.69 Å². The van der Waals surface area contributed by atoms with Crippen LogP contribution in [0.1, 0.15) is 29.2 Å². The Hall–Kier alpha value is -3.58. The number of ketones is 1.